The Hall–Kier alpha value is -1.80. The predicted molar refractivity (Wildman–Crippen MR) is 102 cm³/mol. The predicted octanol–water partition coefficient (Wildman–Crippen LogP) is 1.43. The second-order valence-electron chi connectivity index (χ2n) is 7.02. The summed E-state index contributed by atoms with van der Waals surface area (Å²) in [6.45, 7) is 1.78. The van der Waals surface area contributed by atoms with Crippen molar-refractivity contribution in [3.8, 4) is 11.1 Å². The molecular formula is C19H25N3O3S. The summed E-state index contributed by atoms with van der Waals surface area (Å²) in [6.07, 6.45) is 2.98. The van der Waals surface area contributed by atoms with Gasteiger partial charge in [-0.2, -0.15) is 0 Å². The van der Waals surface area contributed by atoms with Crippen LogP contribution in [0.4, 0.5) is 0 Å². The maximum atomic E-state index is 12.1. The van der Waals surface area contributed by atoms with Gasteiger partial charge in [-0.3, -0.25) is 9.88 Å². The molecule has 1 N–H and O–H groups in total. The fourth-order valence-corrected chi connectivity index (χ4v) is 4.42. The average molecular weight is 375 g/mol. The van der Waals surface area contributed by atoms with Crippen LogP contribution in [-0.2, 0) is 16.6 Å². The minimum absolute atomic E-state index is 0.0163. The van der Waals surface area contributed by atoms with E-state index in [1.165, 1.54) is 18.4 Å². The first kappa shape index (κ1) is 19.0. The number of aliphatic hydroxyl groups excluding tert-OH is 1. The third-order valence-electron chi connectivity index (χ3n) is 4.82. The van der Waals surface area contributed by atoms with Crippen molar-refractivity contribution in [2.45, 2.75) is 12.6 Å². The number of hydrogen-bond acceptors (Lipinski definition) is 5. The lowest BCUT2D eigenvalue weighted by atomic mass is 10.1. The summed E-state index contributed by atoms with van der Waals surface area (Å²) in [5.41, 5.74) is 3.32. The topological polar surface area (TPSA) is 73.7 Å². The number of likely N-dealkylation sites (tertiary alicyclic amines) is 1. The van der Waals surface area contributed by atoms with Crippen molar-refractivity contribution in [1.82, 2.24) is 14.2 Å². The summed E-state index contributed by atoms with van der Waals surface area (Å²) < 4.78 is 25.3. The Morgan fingerprint density at radius 3 is 2.50 bits per heavy atom. The van der Waals surface area contributed by atoms with E-state index in [2.05, 4.69) is 34.1 Å². The second kappa shape index (κ2) is 7.84. The van der Waals surface area contributed by atoms with Crippen molar-refractivity contribution in [1.29, 1.82) is 0 Å². The third kappa shape index (κ3) is 4.48. The molecule has 2 heterocycles. The van der Waals surface area contributed by atoms with Crippen LogP contribution in [-0.4, -0.2) is 66.8 Å². The molecule has 2 atom stereocenters. The number of sulfonamides is 1. The van der Waals surface area contributed by atoms with Crippen LogP contribution in [0.15, 0.2) is 48.8 Å². The highest BCUT2D eigenvalue weighted by Crippen LogP contribution is 2.23. The molecule has 1 saturated heterocycles. The molecule has 1 aromatic carbocycles. The maximum Gasteiger partial charge on any atom is 0.214 e. The first-order valence-corrected chi connectivity index (χ1v) is 10.3. The molecule has 3 rings (SSSR count). The highest BCUT2D eigenvalue weighted by molar-refractivity contribution is 7.89. The summed E-state index contributed by atoms with van der Waals surface area (Å²) in [7, 11) is -0.254. The zero-order valence-corrected chi connectivity index (χ0v) is 15.9. The highest BCUT2D eigenvalue weighted by Gasteiger charge is 2.35. The van der Waals surface area contributed by atoms with Crippen molar-refractivity contribution < 1.29 is 13.5 Å². The van der Waals surface area contributed by atoms with Crippen molar-refractivity contribution >= 4 is 10.0 Å². The van der Waals surface area contributed by atoms with E-state index in [-0.39, 0.29) is 11.7 Å². The van der Waals surface area contributed by atoms with Gasteiger partial charge in [-0.15, -0.1) is 0 Å². The van der Waals surface area contributed by atoms with Crippen molar-refractivity contribution in [3.63, 3.8) is 0 Å². The van der Waals surface area contributed by atoms with E-state index in [1.54, 1.807) is 6.20 Å². The van der Waals surface area contributed by atoms with Crippen molar-refractivity contribution in [3.05, 3.63) is 54.4 Å². The number of benzene rings is 1. The summed E-state index contributed by atoms with van der Waals surface area (Å²) >= 11 is 0. The number of hydrogen-bond donors (Lipinski definition) is 1. The fraction of sp³-hybridized carbons (Fsp3) is 0.421. The van der Waals surface area contributed by atoms with Crippen LogP contribution in [0.1, 0.15) is 5.56 Å². The molecule has 1 aliphatic heterocycles. The van der Waals surface area contributed by atoms with E-state index >= 15 is 0 Å². The van der Waals surface area contributed by atoms with Gasteiger partial charge in [-0.1, -0.05) is 30.3 Å². The average Bonchev–Trinajstić information content (AvgIpc) is 2.94. The van der Waals surface area contributed by atoms with E-state index in [0.717, 1.165) is 16.7 Å². The number of rotatable bonds is 6. The lowest BCUT2D eigenvalue weighted by molar-refractivity contribution is 0.148. The molecule has 1 aromatic heterocycles. The Morgan fingerprint density at radius 1 is 1.15 bits per heavy atom. The Morgan fingerprint density at radius 2 is 1.88 bits per heavy atom. The van der Waals surface area contributed by atoms with Gasteiger partial charge in [0.15, 0.2) is 0 Å². The molecule has 1 fully saturated rings. The molecule has 6 nitrogen and oxygen atoms in total. The number of aliphatic hydroxyl groups is 1. The monoisotopic (exact) mass is 375 g/mol. The SMILES string of the molecule is CN(C)S(=O)(=O)C[C@@H]1CN(Cc2ccc(-c3cccnc3)cc2)C[C@H]1O. The summed E-state index contributed by atoms with van der Waals surface area (Å²) in [5.74, 6) is -0.269. The first-order chi connectivity index (χ1) is 12.3. The molecule has 1 aliphatic rings. The minimum Gasteiger partial charge on any atom is -0.391 e. The van der Waals surface area contributed by atoms with E-state index in [1.807, 2.05) is 18.3 Å². The molecular weight excluding hydrogens is 350 g/mol. The number of aromatic nitrogens is 1. The van der Waals surface area contributed by atoms with E-state index in [9.17, 15) is 13.5 Å². The molecule has 7 heteroatoms. The fourth-order valence-electron chi connectivity index (χ4n) is 3.25. The van der Waals surface area contributed by atoms with Gasteiger partial charge in [-0.05, 0) is 22.8 Å². The van der Waals surface area contributed by atoms with Gasteiger partial charge < -0.3 is 5.11 Å². The molecule has 26 heavy (non-hydrogen) atoms. The molecule has 0 bridgehead atoms. The molecule has 0 radical (unpaired) electrons. The molecule has 0 unspecified atom stereocenters. The van der Waals surface area contributed by atoms with Gasteiger partial charge in [0.05, 0.1) is 11.9 Å². The summed E-state index contributed by atoms with van der Waals surface area (Å²) in [4.78, 5) is 6.25. The quantitative estimate of drug-likeness (QED) is 0.827. The van der Waals surface area contributed by atoms with Crippen LogP contribution >= 0.6 is 0 Å². The third-order valence-corrected chi connectivity index (χ3v) is 6.78. The molecule has 2 aromatic rings. The van der Waals surface area contributed by atoms with Crippen LogP contribution in [0.2, 0.25) is 0 Å². The van der Waals surface area contributed by atoms with Gasteiger partial charge in [0.2, 0.25) is 10.0 Å². The van der Waals surface area contributed by atoms with Crippen LogP contribution in [0.25, 0.3) is 11.1 Å². The Balaban J connectivity index is 1.61. The molecule has 0 spiro atoms. The number of β-amino-alcohol motifs (C(OH)–C–C–N with tert-alkyl or cyclic N) is 1. The molecule has 0 aliphatic carbocycles. The first-order valence-electron chi connectivity index (χ1n) is 8.65. The lowest BCUT2D eigenvalue weighted by Gasteiger charge is -2.18. The minimum atomic E-state index is -3.31. The maximum absolute atomic E-state index is 12.1. The smallest absolute Gasteiger partial charge is 0.214 e. The number of pyridine rings is 1. The lowest BCUT2D eigenvalue weighted by Crippen LogP contribution is -2.33. The summed E-state index contributed by atoms with van der Waals surface area (Å²) in [5, 5.41) is 10.2. The zero-order valence-electron chi connectivity index (χ0n) is 15.1. The van der Waals surface area contributed by atoms with E-state index in [0.29, 0.717) is 19.6 Å². The Labute approximate surface area is 155 Å². The highest BCUT2D eigenvalue weighted by atomic mass is 32.2. The normalized spacial score (nSPS) is 21.4. The summed E-state index contributed by atoms with van der Waals surface area (Å²) in [6, 6.07) is 12.2. The van der Waals surface area contributed by atoms with Crippen molar-refractivity contribution in [2.75, 3.05) is 32.9 Å². The van der Waals surface area contributed by atoms with Gasteiger partial charge in [-0.25, -0.2) is 12.7 Å². The van der Waals surface area contributed by atoms with Crippen LogP contribution in [0.3, 0.4) is 0 Å². The molecule has 140 valence electrons. The van der Waals surface area contributed by atoms with Gasteiger partial charge in [0.25, 0.3) is 0 Å². The van der Waals surface area contributed by atoms with Gasteiger partial charge in [0.1, 0.15) is 0 Å². The van der Waals surface area contributed by atoms with E-state index in [4.69, 9.17) is 0 Å². The van der Waals surface area contributed by atoms with Crippen molar-refractivity contribution in [2.24, 2.45) is 5.92 Å². The van der Waals surface area contributed by atoms with Crippen LogP contribution < -0.4 is 0 Å². The van der Waals surface area contributed by atoms with Gasteiger partial charge in [0, 0.05) is 52.0 Å². The zero-order chi connectivity index (χ0) is 18.7. The second-order valence-corrected chi connectivity index (χ2v) is 9.25. The van der Waals surface area contributed by atoms with Crippen LogP contribution in [0, 0.1) is 5.92 Å². The molecule has 0 saturated carbocycles. The molecule has 0 amide bonds. The van der Waals surface area contributed by atoms with E-state index < -0.39 is 16.1 Å². The van der Waals surface area contributed by atoms with Gasteiger partial charge >= 0.3 is 0 Å². The Kier molecular flexibility index (Phi) is 5.72. The number of nitrogens with zero attached hydrogens (tertiary/aromatic N) is 3. The Bertz CT molecular complexity index is 823. The largest absolute Gasteiger partial charge is 0.391 e. The van der Waals surface area contributed by atoms with Crippen LogP contribution in [0.5, 0.6) is 0 Å². The standard InChI is InChI=1S/C19H25N3O3S/c1-21(2)26(24,25)14-18-12-22(13-19(18)23)11-15-5-7-16(8-6-15)17-4-3-9-20-10-17/h3-10,18-19,23H,11-14H2,1-2H3/t18-,19+/m0/s1.